The Morgan fingerprint density at radius 1 is 1.37 bits per heavy atom. The van der Waals surface area contributed by atoms with E-state index in [4.69, 9.17) is 4.74 Å². The van der Waals surface area contributed by atoms with Crippen molar-refractivity contribution in [1.82, 2.24) is 5.32 Å². The Labute approximate surface area is 111 Å². The van der Waals surface area contributed by atoms with Gasteiger partial charge in [-0.3, -0.25) is 0 Å². The number of hydrogen-bond donors (Lipinski definition) is 1. The topological polar surface area (TPSA) is 30.5 Å². The summed E-state index contributed by atoms with van der Waals surface area (Å²) < 4.78 is 34.0. The molecule has 1 fully saturated rings. The lowest BCUT2D eigenvalue weighted by atomic mass is 10.1. The van der Waals surface area contributed by atoms with Crippen molar-refractivity contribution < 1.29 is 18.3 Å². The molecular formula is C14H19F2NO2. The maximum Gasteiger partial charge on any atom is 0.387 e. The summed E-state index contributed by atoms with van der Waals surface area (Å²) in [7, 11) is 1.43. The van der Waals surface area contributed by atoms with Gasteiger partial charge < -0.3 is 14.8 Å². The lowest BCUT2D eigenvalue weighted by Gasteiger charge is -2.12. The summed E-state index contributed by atoms with van der Waals surface area (Å²) in [6, 6.07) is 5.58. The van der Waals surface area contributed by atoms with Crippen molar-refractivity contribution in [2.45, 2.75) is 39.5 Å². The Hall–Kier alpha value is -1.36. The molecule has 19 heavy (non-hydrogen) atoms. The van der Waals surface area contributed by atoms with Crippen LogP contribution in [0, 0.1) is 5.41 Å². The van der Waals surface area contributed by atoms with Crippen molar-refractivity contribution in [2.75, 3.05) is 7.11 Å². The molecule has 1 saturated carbocycles. The Morgan fingerprint density at radius 3 is 2.58 bits per heavy atom. The molecule has 106 valence electrons. The Bertz CT molecular complexity index is 449. The first-order valence-electron chi connectivity index (χ1n) is 6.27. The third-order valence-electron chi connectivity index (χ3n) is 3.51. The van der Waals surface area contributed by atoms with E-state index < -0.39 is 6.61 Å². The third kappa shape index (κ3) is 3.56. The Morgan fingerprint density at radius 2 is 2.05 bits per heavy atom. The number of halogens is 2. The standard InChI is InChI=1S/C14H19F2NO2/c1-14(2)7-12(14)17-8-9-4-5-10(18-3)11(6-9)19-13(15)16/h4-6,12-13,17H,7-8H2,1-3H3. The average molecular weight is 271 g/mol. The van der Waals surface area contributed by atoms with Crippen LogP contribution in [-0.4, -0.2) is 19.8 Å². The van der Waals surface area contributed by atoms with Gasteiger partial charge in [-0.2, -0.15) is 8.78 Å². The van der Waals surface area contributed by atoms with Gasteiger partial charge in [-0.25, -0.2) is 0 Å². The average Bonchev–Trinajstić information content (AvgIpc) is 2.94. The molecule has 1 aliphatic rings. The van der Waals surface area contributed by atoms with Crippen LogP contribution in [0.1, 0.15) is 25.8 Å². The lowest BCUT2D eigenvalue weighted by molar-refractivity contribution is -0.0512. The molecule has 0 aliphatic heterocycles. The summed E-state index contributed by atoms with van der Waals surface area (Å²) >= 11 is 0. The minimum atomic E-state index is -2.85. The van der Waals surface area contributed by atoms with E-state index in [1.807, 2.05) is 6.07 Å². The van der Waals surface area contributed by atoms with Gasteiger partial charge >= 0.3 is 6.61 Å². The van der Waals surface area contributed by atoms with Gasteiger partial charge in [-0.15, -0.1) is 0 Å². The van der Waals surface area contributed by atoms with Gasteiger partial charge in [0.1, 0.15) is 0 Å². The summed E-state index contributed by atoms with van der Waals surface area (Å²) in [6.07, 6.45) is 1.14. The number of ether oxygens (including phenoxy) is 2. The van der Waals surface area contributed by atoms with Gasteiger partial charge in [0.25, 0.3) is 0 Å². The van der Waals surface area contributed by atoms with Crippen LogP contribution in [0.5, 0.6) is 11.5 Å². The number of hydrogen-bond acceptors (Lipinski definition) is 3. The summed E-state index contributed by atoms with van der Waals surface area (Å²) in [6.45, 7) is 2.19. The Kier molecular flexibility index (Phi) is 3.94. The highest BCUT2D eigenvalue weighted by molar-refractivity contribution is 5.43. The van der Waals surface area contributed by atoms with Gasteiger partial charge in [-0.05, 0) is 29.5 Å². The van der Waals surface area contributed by atoms with Crippen LogP contribution in [0.2, 0.25) is 0 Å². The largest absolute Gasteiger partial charge is 0.493 e. The molecular weight excluding hydrogens is 252 g/mol. The van der Waals surface area contributed by atoms with Crippen LogP contribution < -0.4 is 14.8 Å². The van der Waals surface area contributed by atoms with E-state index in [0.717, 1.165) is 12.0 Å². The third-order valence-corrected chi connectivity index (χ3v) is 3.51. The second kappa shape index (κ2) is 5.33. The molecule has 0 aromatic heterocycles. The first-order valence-corrected chi connectivity index (χ1v) is 6.27. The summed E-state index contributed by atoms with van der Waals surface area (Å²) in [5, 5.41) is 3.40. The first kappa shape index (κ1) is 14.1. The molecule has 1 aromatic rings. The van der Waals surface area contributed by atoms with Gasteiger partial charge in [0.05, 0.1) is 7.11 Å². The molecule has 1 aliphatic carbocycles. The zero-order valence-electron chi connectivity index (χ0n) is 11.4. The van der Waals surface area contributed by atoms with Crippen LogP contribution in [0.15, 0.2) is 18.2 Å². The number of benzene rings is 1. The second-order valence-electron chi connectivity index (χ2n) is 5.49. The molecule has 1 atom stereocenters. The zero-order chi connectivity index (χ0) is 14.0. The van der Waals surface area contributed by atoms with Gasteiger partial charge in [0.15, 0.2) is 11.5 Å². The van der Waals surface area contributed by atoms with Crippen molar-refractivity contribution in [3.8, 4) is 11.5 Å². The summed E-state index contributed by atoms with van der Waals surface area (Å²) in [4.78, 5) is 0. The van der Waals surface area contributed by atoms with Crippen LogP contribution >= 0.6 is 0 Å². The predicted molar refractivity (Wildman–Crippen MR) is 68.7 cm³/mol. The van der Waals surface area contributed by atoms with E-state index in [2.05, 4.69) is 23.9 Å². The number of alkyl halides is 2. The van der Waals surface area contributed by atoms with Crippen molar-refractivity contribution in [3.63, 3.8) is 0 Å². The molecule has 0 bridgehead atoms. The van der Waals surface area contributed by atoms with E-state index in [-0.39, 0.29) is 5.75 Å². The quantitative estimate of drug-likeness (QED) is 0.862. The van der Waals surface area contributed by atoms with Crippen LogP contribution in [0.4, 0.5) is 8.78 Å². The monoisotopic (exact) mass is 271 g/mol. The van der Waals surface area contributed by atoms with Crippen LogP contribution in [0.25, 0.3) is 0 Å². The fraction of sp³-hybridized carbons (Fsp3) is 0.571. The molecule has 5 heteroatoms. The van der Waals surface area contributed by atoms with Crippen LogP contribution in [-0.2, 0) is 6.54 Å². The number of methoxy groups -OCH3 is 1. The normalized spacial score (nSPS) is 20.4. The smallest absolute Gasteiger partial charge is 0.387 e. The molecule has 3 nitrogen and oxygen atoms in total. The van der Waals surface area contributed by atoms with E-state index in [0.29, 0.717) is 23.8 Å². The van der Waals surface area contributed by atoms with E-state index in [9.17, 15) is 8.78 Å². The lowest BCUT2D eigenvalue weighted by Crippen LogP contribution is -2.20. The van der Waals surface area contributed by atoms with Crippen LogP contribution in [0.3, 0.4) is 0 Å². The van der Waals surface area contributed by atoms with Crippen molar-refractivity contribution >= 4 is 0 Å². The Balaban J connectivity index is 2.01. The molecule has 1 N–H and O–H groups in total. The fourth-order valence-corrected chi connectivity index (χ4v) is 2.08. The zero-order valence-corrected chi connectivity index (χ0v) is 11.4. The van der Waals surface area contributed by atoms with E-state index >= 15 is 0 Å². The van der Waals surface area contributed by atoms with Crippen molar-refractivity contribution in [1.29, 1.82) is 0 Å². The summed E-state index contributed by atoms with van der Waals surface area (Å²) in [5.41, 5.74) is 1.24. The van der Waals surface area contributed by atoms with E-state index in [1.54, 1.807) is 12.1 Å². The van der Waals surface area contributed by atoms with Gasteiger partial charge in [0.2, 0.25) is 0 Å². The number of nitrogens with one attached hydrogen (secondary N) is 1. The molecule has 1 aromatic carbocycles. The minimum Gasteiger partial charge on any atom is -0.493 e. The highest BCUT2D eigenvalue weighted by Gasteiger charge is 2.44. The first-order chi connectivity index (χ1) is 8.92. The second-order valence-corrected chi connectivity index (χ2v) is 5.49. The predicted octanol–water partition coefficient (Wildman–Crippen LogP) is 3.18. The SMILES string of the molecule is COc1ccc(CNC2CC2(C)C)cc1OC(F)F. The molecule has 0 spiro atoms. The maximum absolute atomic E-state index is 12.3. The molecule has 0 amide bonds. The molecule has 2 rings (SSSR count). The van der Waals surface area contributed by atoms with Crippen molar-refractivity contribution in [3.05, 3.63) is 23.8 Å². The molecule has 1 unspecified atom stereocenters. The molecule has 0 heterocycles. The minimum absolute atomic E-state index is 0.0758. The highest BCUT2D eigenvalue weighted by atomic mass is 19.3. The van der Waals surface area contributed by atoms with E-state index in [1.165, 1.54) is 7.11 Å². The highest BCUT2D eigenvalue weighted by Crippen LogP contribution is 2.44. The van der Waals surface area contributed by atoms with Crippen molar-refractivity contribution in [2.24, 2.45) is 5.41 Å². The summed E-state index contributed by atoms with van der Waals surface area (Å²) in [5.74, 6) is 0.391. The fourth-order valence-electron chi connectivity index (χ4n) is 2.08. The van der Waals surface area contributed by atoms with Gasteiger partial charge in [0, 0.05) is 12.6 Å². The molecule has 0 saturated heterocycles. The maximum atomic E-state index is 12.3. The molecule has 0 radical (unpaired) electrons. The number of rotatable bonds is 6. The van der Waals surface area contributed by atoms with Gasteiger partial charge in [-0.1, -0.05) is 19.9 Å².